The standard InChI is InChI=1S/C16H25NO/c1-3-14-4-6-16(7-5-14)13(2)17-10-8-15-9-11-18-12-15/h4-7,13,15,17H,3,8-12H2,1-2H3. The van der Waals surface area contributed by atoms with Gasteiger partial charge in [-0.15, -0.1) is 0 Å². The topological polar surface area (TPSA) is 21.3 Å². The van der Waals surface area contributed by atoms with Crippen molar-refractivity contribution in [1.82, 2.24) is 5.32 Å². The van der Waals surface area contributed by atoms with Gasteiger partial charge in [0.25, 0.3) is 0 Å². The van der Waals surface area contributed by atoms with E-state index in [9.17, 15) is 0 Å². The molecule has 2 unspecified atom stereocenters. The molecule has 0 aliphatic carbocycles. The first kappa shape index (κ1) is 13.6. The highest BCUT2D eigenvalue weighted by Gasteiger charge is 2.15. The third kappa shape index (κ3) is 3.82. The molecule has 0 radical (unpaired) electrons. The van der Waals surface area contributed by atoms with E-state index in [0.29, 0.717) is 6.04 Å². The Balaban J connectivity index is 1.74. The van der Waals surface area contributed by atoms with Gasteiger partial charge in [0.2, 0.25) is 0 Å². The first-order valence-electron chi connectivity index (χ1n) is 7.19. The molecule has 2 heteroatoms. The van der Waals surface area contributed by atoms with Gasteiger partial charge in [0, 0.05) is 19.3 Å². The number of hydrogen-bond acceptors (Lipinski definition) is 2. The van der Waals surface area contributed by atoms with E-state index in [1.54, 1.807) is 0 Å². The van der Waals surface area contributed by atoms with E-state index in [2.05, 4.69) is 43.4 Å². The van der Waals surface area contributed by atoms with E-state index >= 15 is 0 Å². The van der Waals surface area contributed by atoms with Gasteiger partial charge in [0.1, 0.15) is 0 Å². The molecule has 18 heavy (non-hydrogen) atoms. The first-order valence-corrected chi connectivity index (χ1v) is 7.19. The van der Waals surface area contributed by atoms with Gasteiger partial charge in [-0.1, -0.05) is 31.2 Å². The summed E-state index contributed by atoms with van der Waals surface area (Å²) < 4.78 is 5.40. The van der Waals surface area contributed by atoms with Crippen molar-refractivity contribution < 1.29 is 4.74 Å². The summed E-state index contributed by atoms with van der Waals surface area (Å²) in [4.78, 5) is 0. The van der Waals surface area contributed by atoms with Gasteiger partial charge < -0.3 is 10.1 Å². The van der Waals surface area contributed by atoms with Gasteiger partial charge in [-0.2, -0.15) is 0 Å². The molecule has 0 aromatic heterocycles. The second-order valence-electron chi connectivity index (χ2n) is 5.29. The number of hydrogen-bond donors (Lipinski definition) is 1. The maximum Gasteiger partial charge on any atom is 0.0495 e. The Bertz CT molecular complexity index is 341. The summed E-state index contributed by atoms with van der Waals surface area (Å²) in [5.41, 5.74) is 2.80. The van der Waals surface area contributed by atoms with Crippen LogP contribution in [0.4, 0.5) is 0 Å². The smallest absolute Gasteiger partial charge is 0.0495 e. The molecule has 1 aromatic rings. The number of nitrogens with one attached hydrogen (secondary N) is 1. The lowest BCUT2D eigenvalue weighted by Gasteiger charge is -2.16. The molecule has 1 heterocycles. The molecular formula is C16H25NO. The van der Waals surface area contributed by atoms with Crippen molar-refractivity contribution in [3.05, 3.63) is 35.4 Å². The van der Waals surface area contributed by atoms with Crippen LogP contribution in [0.25, 0.3) is 0 Å². The molecule has 1 fully saturated rings. The summed E-state index contributed by atoms with van der Waals surface area (Å²) >= 11 is 0. The fourth-order valence-corrected chi connectivity index (χ4v) is 2.47. The predicted octanol–water partition coefficient (Wildman–Crippen LogP) is 3.33. The minimum Gasteiger partial charge on any atom is -0.381 e. The van der Waals surface area contributed by atoms with E-state index in [1.807, 2.05) is 0 Å². The van der Waals surface area contributed by atoms with Crippen molar-refractivity contribution >= 4 is 0 Å². The van der Waals surface area contributed by atoms with E-state index in [4.69, 9.17) is 4.74 Å². The second kappa shape index (κ2) is 6.91. The molecule has 2 atom stereocenters. The molecule has 100 valence electrons. The van der Waals surface area contributed by atoms with Gasteiger partial charge >= 0.3 is 0 Å². The molecule has 1 aliphatic heterocycles. The normalized spacial score (nSPS) is 21.1. The average molecular weight is 247 g/mol. The SMILES string of the molecule is CCc1ccc(C(C)NCCC2CCOC2)cc1. The second-order valence-corrected chi connectivity index (χ2v) is 5.29. The van der Waals surface area contributed by atoms with Gasteiger partial charge in [0.15, 0.2) is 0 Å². The first-order chi connectivity index (χ1) is 8.79. The fourth-order valence-electron chi connectivity index (χ4n) is 2.47. The van der Waals surface area contributed by atoms with E-state index in [1.165, 1.54) is 24.0 Å². The predicted molar refractivity (Wildman–Crippen MR) is 75.8 cm³/mol. The Morgan fingerprint density at radius 3 is 2.72 bits per heavy atom. The number of aryl methyl sites for hydroxylation is 1. The van der Waals surface area contributed by atoms with Gasteiger partial charge in [-0.05, 0) is 49.8 Å². The van der Waals surface area contributed by atoms with Crippen LogP contribution in [0.2, 0.25) is 0 Å². The number of rotatable bonds is 6. The highest BCUT2D eigenvalue weighted by atomic mass is 16.5. The van der Waals surface area contributed by atoms with Crippen molar-refractivity contribution in [2.24, 2.45) is 5.92 Å². The molecule has 0 spiro atoms. The van der Waals surface area contributed by atoms with E-state index < -0.39 is 0 Å². The summed E-state index contributed by atoms with van der Waals surface area (Å²) in [5.74, 6) is 0.771. The lowest BCUT2D eigenvalue weighted by Crippen LogP contribution is -2.22. The molecule has 1 aliphatic rings. The van der Waals surface area contributed by atoms with Crippen LogP contribution >= 0.6 is 0 Å². The summed E-state index contributed by atoms with van der Waals surface area (Å²) in [6.07, 6.45) is 3.59. The van der Waals surface area contributed by atoms with Crippen LogP contribution in [0.3, 0.4) is 0 Å². The monoisotopic (exact) mass is 247 g/mol. The molecule has 0 amide bonds. The van der Waals surface area contributed by atoms with Crippen LogP contribution in [-0.4, -0.2) is 19.8 Å². The van der Waals surface area contributed by atoms with E-state index in [0.717, 1.165) is 32.1 Å². The van der Waals surface area contributed by atoms with Gasteiger partial charge in [-0.3, -0.25) is 0 Å². The molecule has 2 nitrogen and oxygen atoms in total. The van der Waals surface area contributed by atoms with Crippen molar-refractivity contribution in [2.75, 3.05) is 19.8 Å². The molecule has 1 saturated heterocycles. The molecule has 0 saturated carbocycles. The maximum atomic E-state index is 5.40. The largest absolute Gasteiger partial charge is 0.381 e. The third-order valence-electron chi connectivity index (χ3n) is 3.92. The lowest BCUT2D eigenvalue weighted by atomic mass is 10.0. The molecule has 1 N–H and O–H groups in total. The molecule has 1 aromatic carbocycles. The highest BCUT2D eigenvalue weighted by molar-refractivity contribution is 5.24. The zero-order valence-corrected chi connectivity index (χ0v) is 11.6. The van der Waals surface area contributed by atoms with Crippen LogP contribution in [0, 0.1) is 5.92 Å². The molecular weight excluding hydrogens is 222 g/mol. The van der Waals surface area contributed by atoms with Crippen LogP contribution in [0.15, 0.2) is 24.3 Å². The average Bonchev–Trinajstić information content (AvgIpc) is 2.92. The van der Waals surface area contributed by atoms with Crippen LogP contribution in [-0.2, 0) is 11.2 Å². The third-order valence-corrected chi connectivity index (χ3v) is 3.92. The van der Waals surface area contributed by atoms with Crippen LogP contribution < -0.4 is 5.32 Å². The Kier molecular flexibility index (Phi) is 5.21. The summed E-state index contributed by atoms with van der Waals surface area (Å²) in [6, 6.07) is 9.40. The quantitative estimate of drug-likeness (QED) is 0.832. The van der Waals surface area contributed by atoms with Crippen LogP contribution in [0.1, 0.15) is 43.9 Å². The number of ether oxygens (including phenoxy) is 1. The van der Waals surface area contributed by atoms with Gasteiger partial charge in [-0.25, -0.2) is 0 Å². The molecule has 2 rings (SSSR count). The highest BCUT2D eigenvalue weighted by Crippen LogP contribution is 2.17. The minimum atomic E-state index is 0.443. The van der Waals surface area contributed by atoms with Crippen molar-refractivity contribution in [3.8, 4) is 0 Å². The Morgan fingerprint density at radius 1 is 1.33 bits per heavy atom. The summed E-state index contributed by atoms with van der Waals surface area (Å²) in [7, 11) is 0. The zero-order valence-electron chi connectivity index (χ0n) is 11.6. The van der Waals surface area contributed by atoms with Crippen molar-refractivity contribution in [2.45, 2.75) is 39.2 Å². The zero-order chi connectivity index (χ0) is 12.8. The Labute approximate surface area is 111 Å². The number of benzene rings is 1. The molecule has 0 bridgehead atoms. The Morgan fingerprint density at radius 2 is 2.11 bits per heavy atom. The van der Waals surface area contributed by atoms with Crippen LogP contribution in [0.5, 0.6) is 0 Å². The minimum absolute atomic E-state index is 0.443. The summed E-state index contributed by atoms with van der Waals surface area (Å²) in [5, 5.41) is 3.61. The van der Waals surface area contributed by atoms with Crippen molar-refractivity contribution in [3.63, 3.8) is 0 Å². The lowest BCUT2D eigenvalue weighted by molar-refractivity contribution is 0.184. The Hall–Kier alpha value is -0.860. The summed E-state index contributed by atoms with van der Waals surface area (Å²) in [6.45, 7) is 7.44. The van der Waals surface area contributed by atoms with E-state index in [-0.39, 0.29) is 0 Å². The van der Waals surface area contributed by atoms with Crippen molar-refractivity contribution in [1.29, 1.82) is 0 Å². The van der Waals surface area contributed by atoms with Gasteiger partial charge in [0.05, 0.1) is 0 Å². The maximum absolute atomic E-state index is 5.40. The fraction of sp³-hybridized carbons (Fsp3) is 0.625.